The lowest BCUT2D eigenvalue weighted by Crippen LogP contribution is -2.62. The van der Waals surface area contributed by atoms with Crippen molar-refractivity contribution in [1.82, 2.24) is 9.62 Å². The molecular weight excluding hydrogens is 380 g/mol. The first-order chi connectivity index (χ1) is 13.4. The van der Waals surface area contributed by atoms with Gasteiger partial charge in [0.15, 0.2) is 0 Å². The number of hydrogen-bond donors (Lipinski definition) is 1. The van der Waals surface area contributed by atoms with Gasteiger partial charge in [0.1, 0.15) is 11.5 Å². The molecule has 1 saturated heterocycles. The molecule has 2 fully saturated rings. The molecule has 1 saturated carbocycles. The Morgan fingerprint density at radius 3 is 2.71 bits per heavy atom. The van der Waals surface area contributed by atoms with Gasteiger partial charge in [-0.15, -0.1) is 0 Å². The highest BCUT2D eigenvalue weighted by Gasteiger charge is 2.54. The maximum Gasteiger partial charge on any atom is 0.228 e. The van der Waals surface area contributed by atoms with Gasteiger partial charge < -0.3 is 14.8 Å². The van der Waals surface area contributed by atoms with Gasteiger partial charge in [-0.25, -0.2) is 8.42 Å². The highest BCUT2D eigenvalue weighted by atomic mass is 32.2. The molecule has 3 rings (SSSR count). The Bertz CT molecular complexity index is 826. The zero-order chi connectivity index (χ0) is 20.4. The van der Waals surface area contributed by atoms with E-state index < -0.39 is 15.4 Å². The number of benzene rings is 1. The van der Waals surface area contributed by atoms with Crippen molar-refractivity contribution in [2.45, 2.75) is 51.6 Å². The van der Waals surface area contributed by atoms with Crippen LogP contribution in [0, 0.1) is 5.41 Å². The van der Waals surface area contributed by atoms with E-state index in [0.717, 1.165) is 31.2 Å². The number of nitrogens with zero attached hydrogens (tertiary/aromatic N) is 1. The Balaban J connectivity index is 1.83. The molecule has 0 bridgehead atoms. The van der Waals surface area contributed by atoms with Gasteiger partial charge in [0.25, 0.3) is 0 Å². The lowest BCUT2D eigenvalue weighted by atomic mass is 9.67. The van der Waals surface area contributed by atoms with Crippen molar-refractivity contribution in [1.29, 1.82) is 0 Å². The van der Waals surface area contributed by atoms with Crippen molar-refractivity contribution in [2.24, 2.45) is 5.41 Å². The number of amides is 1. The summed E-state index contributed by atoms with van der Waals surface area (Å²) in [5, 5.41) is 3.06. The molecule has 0 radical (unpaired) electrons. The summed E-state index contributed by atoms with van der Waals surface area (Å²) in [4.78, 5) is 13.3. The first-order valence-electron chi connectivity index (χ1n) is 9.86. The van der Waals surface area contributed by atoms with Crippen LogP contribution >= 0.6 is 0 Å². The van der Waals surface area contributed by atoms with E-state index >= 15 is 0 Å². The highest BCUT2D eigenvalue weighted by molar-refractivity contribution is 7.89. The second-order valence-electron chi connectivity index (χ2n) is 7.55. The molecule has 2 aliphatic rings. The van der Waals surface area contributed by atoms with E-state index in [9.17, 15) is 13.2 Å². The van der Waals surface area contributed by atoms with Crippen molar-refractivity contribution < 1.29 is 22.7 Å². The maximum atomic E-state index is 13.3. The standard InChI is InChI=1S/C20H30N2O5S/c1-4-22-18-7-5-6-10-20(18,11-12-28(22,24)25)19(23)21-14-15-13-16(26-2)8-9-17(15)27-3/h8-9,13,18H,4-7,10-12,14H2,1-3H3,(H,21,23)/t18-,20-/m1/s1. The first-order valence-corrected chi connectivity index (χ1v) is 11.5. The molecule has 1 amide bonds. The second kappa shape index (κ2) is 8.29. The van der Waals surface area contributed by atoms with Crippen LogP contribution in [0.5, 0.6) is 11.5 Å². The average molecular weight is 411 g/mol. The lowest BCUT2D eigenvalue weighted by Gasteiger charge is -2.50. The van der Waals surface area contributed by atoms with E-state index in [4.69, 9.17) is 9.47 Å². The first kappa shape index (κ1) is 20.9. The molecule has 7 nitrogen and oxygen atoms in total. The minimum Gasteiger partial charge on any atom is -0.497 e. The van der Waals surface area contributed by atoms with E-state index in [0.29, 0.717) is 31.0 Å². The Kier molecular flexibility index (Phi) is 6.19. The SMILES string of the molecule is CCN1[C@@H]2CCCC[C@@]2(C(=O)NCc2cc(OC)ccc2OC)CCS1(=O)=O. The molecule has 1 aliphatic heterocycles. The summed E-state index contributed by atoms with van der Waals surface area (Å²) in [6, 6.07) is 5.22. The van der Waals surface area contributed by atoms with E-state index in [1.807, 2.05) is 25.1 Å². The summed E-state index contributed by atoms with van der Waals surface area (Å²) in [7, 11) is -0.0995. The molecule has 0 unspecified atom stereocenters. The van der Waals surface area contributed by atoms with Crippen LogP contribution in [-0.2, 0) is 21.4 Å². The van der Waals surface area contributed by atoms with E-state index in [2.05, 4.69) is 5.32 Å². The van der Waals surface area contributed by atoms with Crippen LogP contribution in [0.3, 0.4) is 0 Å². The normalized spacial score (nSPS) is 26.9. The summed E-state index contributed by atoms with van der Waals surface area (Å²) in [5.41, 5.74) is 0.181. The second-order valence-corrected chi connectivity index (χ2v) is 9.59. The van der Waals surface area contributed by atoms with Crippen LogP contribution in [0.2, 0.25) is 0 Å². The maximum absolute atomic E-state index is 13.3. The summed E-state index contributed by atoms with van der Waals surface area (Å²) >= 11 is 0. The Morgan fingerprint density at radius 1 is 1.25 bits per heavy atom. The number of fused-ring (bicyclic) bond motifs is 1. The lowest BCUT2D eigenvalue weighted by molar-refractivity contribution is -0.137. The van der Waals surface area contributed by atoms with Crippen molar-refractivity contribution >= 4 is 15.9 Å². The fourth-order valence-corrected chi connectivity index (χ4v) is 6.67. The molecule has 1 aromatic rings. The monoisotopic (exact) mass is 410 g/mol. The van der Waals surface area contributed by atoms with Gasteiger partial charge in [-0.2, -0.15) is 4.31 Å². The van der Waals surface area contributed by atoms with Gasteiger partial charge in [0, 0.05) is 24.7 Å². The summed E-state index contributed by atoms with van der Waals surface area (Å²) in [5.74, 6) is 1.35. The minimum atomic E-state index is -3.29. The van der Waals surface area contributed by atoms with Crippen LogP contribution in [0.15, 0.2) is 18.2 Å². The smallest absolute Gasteiger partial charge is 0.228 e. The largest absolute Gasteiger partial charge is 0.497 e. The molecule has 28 heavy (non-hydrogen) atoms. The molecule has 1 N–H and O–H groups in total. The molecular formula is C20H30N2O5S. The molecule has 156 valence electrons. The third-order valence-electron chi connectivity index (χ3n) is 6.19. The Morgan fingerprint density at radius 2 is 2.04 bits per heavy atom. The minimum absolute atomic E-state index is 0.0350. The quantitative estimate of drug-likeness (QED) is 0.778. The molecule has 1 aromatic carbocycles. The molecule has 0 aromatic heterocycles. The number of ether oxygens (including phenoxy) is 2. The van der Waals surface area contributed by atoms with Crippen LogP contribution in [0.1, 0.15) is 44.6 Å². The number of carbonyl (C=O) groups is 1. The third-order valence-corrected chi connectivity index (χ3v) is 8.14. The molecule has 1 heterocycles. The Hall–Kier alpha value is -1.80. The summed E-state index contributed by atoms with van der Waals surface area (Å²) < 4.78 is 37.3. The number of hydrogen-bond acceptors (Lipinski definition) is 5. The van der Waals surface area contributed by atoms with E-state index in [-0.39, 0.29) is 17.7 Å². The number of rotatable bonds is 6. The van der Waals surface area contributed by atoms with Crippen LogP contribution in [0.4, 0.5) is 0 Å². The third kappa shape index (κ3) is 3.72. The fourth-order valence-electron chi connectivity index (χ4n) is 4.72. The summed E-state index contributed by atoms with van der Waals surface area (Å²) in [6.45, 7) is 2.57. The average Bonchev–Trinajstić information content (AvgIpc) is 2.71. The van der Waals surface area contributed by atoms with Crippen molar-refractivity contribution in [3.8, 4) is 11.5 Å². The molecule has 2 atom stereocenters. The molecule has 1 aliphatic carbocycles. The van der Waals surface area contributed by atoms with Gasteiger partial charge in [-0.05, 0) is 37.5 Å². The number of carbonyl (C=O) groups excluding carboxylic acids is 1. The summed E-state index contributed by atoms with van der Waals surface area (Å²) in [6.07, 6.45) is 3.75. The molecule has 0 spiro atoms. The van der Waals surface area contributed by atoms with Gasteiger partial charge in [0.2, 0.25) is 15.9 Å². The highest BCUT2D eigenvalue weighted by Crippen LogP contribution is 2.46. The van der Waals surface area contributed by atoms with Crippen molar-refractivity contribution in [2.75, 3.05) is 26.5 Å². The van der Waals surface area contributed by atoms with Gasteiger partial charge in [-0.1, -0.05) is 19.8 Å². The van der Waals surface area contributed by atoms with E-state index in [1.165, 1.54) is 0 Å². The number of methoxy groups -OCH3 is 2. The van der Waals surface area contributed by atoms with Crippen LogP contribution in [-0.4, -0.2) is 51.2 Å². The predicted molar refractivity (Wildman–Crippen MR) is 107 cm³/mol. The van der Waals surface area contributed by atoms with Gasteiger partial charge >= 0.3 is 0 Å². The fraction of sp³-hybridized carbons (Fsp3) is 0.650. The van der Waals surface area contributed by atoms with Crippen LogP contribution < -0.4 is 14.8 Å². The van der Waals surface area contributed by atoms with Gasteiger partial charge in [-0.3, -0.25) is 4.79 Å². The number of sulfonamides is 1. The van der Waals surface area contributed by atoms with E-state index in [1.54, 1.807) is 18.5 Å². The Labute approximate surface area is 167 Å². The van der Waals surface area contributed by atoms with Crippen molar-refractivity contribution in [3.05, 3.63) is 23.8 Å². The topological polar surface area (TPSA) is 84.9 Å². The van der Waals surface area contributed by atoms with Gasteiger partial charge in [0.05, 0.1) is 25.4 Å². The number of nitrogens with one attached hydrogen (secondary N) is 1. The van der Waals surface area contributed by atoms with Crippen molar-refractivity contribution in [3.63, 3.8) is 0 Å². The zero-order valence-corrected chi connectivity index (χ0v) is 17.7. The predicted octanol–water partition coefficient (Wildman–Crippen LogP) is 2.30. The molecule has 8 heteroatoms. The zero-order valence-electron chi connectivity index (χ0n) is 16.9. The van der Waals surface area contributed by atoms with Crippen LogP contribution in [0.25, 0.3) is 0 Å².